The lowest BCUT2D eigenvalue weighted by atomic mass is 9.96. The molecule has 0 radical (unpaired) electrons. The Labute approximate surface area is 112 Å². The second kappa shape index (κ2) is 4.54. The predicted octanol–water partition coefficient (Wildman–Crippen LogP) is 3.42. The molecule has 2 heteroatoms. The minimum Gasteiger partial charge on any atom is -0.507 e. The molecule has 0 aromatic heterocycles. The van der Waals surface area contributed by atoms with E-state index >= 15 is 0 Å². The van der Waals surface area contributed by atoms with E-state index < -0.39 is 0 Å². The van der Waals surface area contributed by atoms with Crippen molar-refractivity contribution in [3.8, 4) is 5.75 Å². The van der Waals surface area contributed by atoms with Gasteiger partial charge in [0.25, 0.3) is 0 Å². The summed E-state index contributed by atoms with van der Waals surface area (Å²) >= 11 is 0. The molecule has 96 valence electrons. The van der Waals surface area contributed by atoms with Gasteiger partial charge >= 0.3 is 0 Å². The molecule has 0 spiro atoms. The fourth-order valence-electron chi connectivity index (χ4n) is 2.77. The summed E-state index contributed by atoms with van der Waals surface area (Å²) in [4.78, 5) is 12.5. The van der Waals surface area contributed by atoms with E-state index in [1.807, 2.05) is 37.3 Å². The Balaban J connectivity index is 2.08. The molecule has 0 aliphatic heterocycles. The van der Waals surface area contributed by atoms with E-state index in [0.29, 0.717) is 11.1 Å². The topological polar surface area (TPSA) is 37.3 Å². The summed E-state index contributed by atoms with van der Waals surface area (Å²) in [6, 6.07) is 11.1. The fraction of sp³-hybridized carbons (Fsp3) is 0.235. The number of aryl methyl sites for hydroxylation is 3. The van der Waals surface area contributed by atoms with Crippen LogP contribution in [0.15, 0.2) is 36.4 Å². The molecule has 19 heavy (non-hydrogen) atoms. The van der Waals surface area contributed by atoms with Gasteiger partial charge < -0.3 is 5.11 Å². The molecule has 2 aromatic rings. The van der Waals surface area contributed by atoms with E-state index in [-0.39, 0.29) is 11.5 Å². The van der Waals surface area contributed by atoms with E-state index in [1.54, 1.807) is 6.07 Å². The van der Waals surface area contributed by atoms with Gasteiger partial charge in [0.15, 0.2) is 5.78 Å². The molecule has 0 unspecified atom stereocenters. The number of benzene rings is 2. The predicted molar refractivity (Wildman–Crippen MR) is 74.7 cm³/mol. The SMILES string of the molecule is Cc1ccccc1C(=O)c1cc2c(cc1O)CCC2. The molecule has 0 heterocycles. The molecule has 1 aliphatic carbocycles. The van der Waals surface area contributed by atoms with Gasteiger partial charge in [0.2, 0.25) is 0 Å². The number of hydrogen-bond acceptors (Lipinski definition) is 2. The second-order valence-corrected chi connectivity index (χ2v) is 5.14. The summed E-state index contributed by atoms with van der Waals surface area (Å²) in [6.45, 7) is 1.91. The highest BCUT2D eigenvalue weighted by Crippen LogP contribution is 2.30. The number of ketones is 1. The van der Waals surface area contributed by atoms with Crippen molar-refractivity contribution >= 4 is 5.78 Å². The lowest BCUT2D eigenvalue weighted by Gasteiger charge is -2.09. The Bertz CT molecular complexity index is 656. The zero-order chi connectivity index (χ0) is 13.4. The molecule has 2 nitrogen and oxygen atoms in total. The third-order valence-corrected chi connectivity index (χ3v) is 3.84. The number of fused-ring (bicyclic) bond motifs is 1. The molecule has 0 saturated heterocycles. The highest BCUT2D eigenvalue weighted by Gasteiger charge is 2.20. The molecule has 1 aliphatic rings. The number of phenols is 1. The van der Waals surface area contributed by atoms with E-state index in [9.17, 15) is 9.90 Å². The van der Waals surface area contributed by atoms with Crippen LogP contribution in [0.25, 0.3) is 0 Å². The Kier molecular flexibility index (Phi) is 2.86. The molecule has 0 atom stereocenters. The van der Waals surface area contributed by atoms with Gasteiger partial charge in [0.05, 0.1) is 5.56 Å². The van der Waals surface area contributed by atoms with Gasteiger partial charge in [-0.3, -0.25) is 4.79 Å². The maximum Gasteiger partial charge on any atom is 0.197 e. The highest BCUT2D eigenvalue weighted by molar-refractivity contribution is 6.11. The number of carbonyl (C=O) groups excluding carboxylic acids is 1. The molecule has 0 fully saturated rings. The van der Waals surface area contributed by atoms with E-state index in [0.717, 1.165) is 24.8 Å². The van der Waals surface area contributed by atoms with Gasteiger partial charge in [-0.25, -0.2) is 0 Å². The third-order valence-electron chi connectivity index (χ3n) is 3.84. The molecule has 0 amide bonds. The van der Waals surface area contributed by atoms with Crippen LogP contribution in [0.4, 0.5) is 0 Å². The summed E-state index contributed by atoms with van der Waals surface area (Å²) in [5.74, 6) is 0.0132. The Morgan fingerprint density at radius 3 is 2.47 bits per heavy atom. The van der Waals surface area contributed by atoms with Gasteiger partial charge in [0, 0.05) is 5.56 Å². The van der Waals surface area contributed by atoms with Crippen molar-refractivity contribution < 1.29 is 9.90 Å². The second-order valence-electron chi connectivity index (χ2n) is 5.14. The van der Waals surface area contributed by atoms with Gasteiger partial charge in [-0.05, 0) is 55.0 Å². The Morgan fingerprint density at radius 1 is 1.05 bits per heavy atom. The standard InChI is InChI=1S/C17H16O2/c1-11-5-2-3-8-14(11)17(19)15-9-12-6-4-7-13(12)10-16(15)18/h2-3,5,8-10,18H,4,6-7H2,1H3. The van der Waals surface area contributed by atoms with Crippen LogP contribution < -0.4 is 0 Å². The zero-order valence-electron chi connectivity index (χ0n) is 10.9. The minimum absolute atomic E-state index is 0.0923. The quantitative estimate of drug-likeness (QED) is 0.831. The van der Waals surface area contributed by atoms with E-state index in [1.165, 1.54) is 11.1 Å². The summed E-state index contributed by atoms with van der Waals surface area (Å²) in [6.07, 6.45) is 3.11. The summed E-state index contributed by atoms with van der Waals surface area (Å²) in [5, 5.41) is 10.1. The number of aromatic hydroxyl groups is 1. The average molecular weight is 252 g/mol. The van der Waals surface area contributed by atoms with Crippen molar-refractivity contribution in [1.29, 1.82) is 0 Å². The van der Waals surface area contributed by atoms with Crippen molar-refractivity contribution in [2.24, 2.45) is 0 Å². The molecular formula is C17H16O2. The normalized spacial score (nSPS) is 13.3. The van der Waals surface area contributed by atoms with E-state index in [2.05, 4.69) is 0 Å². The third kappa shape index (κ3) is 2.03. The van der Waals surface area contributed by atoms with Gasteiger partial charge in [-0.15, -0.1) is 0 Å². The Morgan fingerprint density at radius 2 is 1.74 bits per heavy atom. The number of phenolic OH excluding ortho intramolecular Hbond substituents is 1. The number of carbonyl (C=O) groups is 1. The minimum atomic E-state index is -0.0923. The first-order valence-electron chi connectivity index (χ1n) is 6.62. The fourth-order valence-corrected chi connectivity index (χ4v) is 2.77. The van der Waals surface area contributed by atoms with Crippen molar-refractivity contribution in [1.82, 2.24) is 0 Å². The number of hydrogen-bond donors (Lipinski definition) is 1. The van der Waals surface area contributed by atoms with Crippen LogP contribution in [0, 0.1) is 6.92 Å². The highest BCUT2D eigenvalue weighted by atomic mass is 16.3. The van der Waals surface area contributed by atoms with Gasteiger partial charge in [-0.1, -0.05) is 24.3 Å². The molecular weight excluding hydrogens is 236 g/mol. The first-order chi connectivity index (χ1) is 9.16. The first kappa shape index (κ1) is 12.0. The summed E-state index contributed by atoms with van der Waals surface area (Å²) in [5.41, 5.74) is 4.41. The van der Waals surface area contributed by atoms with Crippen LogP contribution in [-0.2, 0) is 12.8 Å². The van der Waals surface area contributed by atoms with Gasteiger partial charge in [0.1, 0.15) is 5.75 Å². The molecule has 2 aromatic carbocycles. The average Bonchev–Trinajstić information content (AvgIpc) is 2.84. The maximum atomic E-state index is 12.5. The zero-order valence-corrected chi connectivity index (χ0v) is 10.9. The van der Waals surface area contributed by atoms with Crippen molar-refractivity contribution in [3.05, 3.63) is 64.2 Å². The smallest absolute Gasteiger partial charge is 0.197 e. The first-order valence-corrected chi connectivity index (χ1v) is 6.62. The van der Waals surface area contributed by atoms with E-state index in [4.69, 9.17) is 0 Å². The van der Waals surface area contributed by atoms with Crippen LogP contribution in [0.1, 0.15) is 39.0 Å². The van der Waals surface area contributed by atoms with Gasteiger partial charge in [-0.2, -0.15) is 0 Å². The van der Waals surface area contributed by atoms with Crippen LogP contribution in [0.5, 0.6) is 5.75 Å². The lowest BCUT2D eigenvalue weighted by molar-refractivity contribution is 0.103. The van der Waals surface area contributed by atoms with Crippen LogP contribution in [0.3, 0.4) is 0 Å². The molecule has 0 saturated carbocycles. The molecule has 3 rings (SSSR count). The van der Waals surface area contributed by atoms with Crippen LogP contribution in [-0.4, -0.2) is 10.9 Å². The van der Waals surface area contributed by atoms with Crippen LogP contribution in [0.2, 0.25) is 0 Å². The van der Waals surface area contributed by atoms with Crippen molar-refractivity contribution in [2.75, 3.05) is 0 Å². The van der Waals surface area contributed by atoms with Crippen LogP contribution >= 0.6 is 0 Å². The Hall–Kier alpha value is -2.09. The molecule has 0 bridgehead atoms. The monoisotopic (exact) mass is 252 g/mol. The lowest BCUT2D eigenvalue weighted by Crippen LogP contribution is -2.05. The number of rotatable bonds is 2. The maximum absolute atomic E-state index is 12.5. The van der Waals surface area contributed by atoms with Crippen molar-refractivity contribution in [2.45, 2.75) is 26.2 Å². The largest absolute Gasteiger partial charge is 0.507 e. The molecule has 1 N–H and O–H groups in total. The summed E-state index contributed by atoms with van der Waals surface area (Å²) in [7, 11) is 0. The summed E-state index contributed by atoms with van der Waals surface area (Å²) < 4.78 is 0. The van der Waals surface area contributed by atoms with Crippen molar-refractivity contribution in [3.63, 3.8) is 0 Å².